The van der Waals surface area contributed by atoms with Gasteiger partial charge < -0.3 is 10.2 Å². The molecule has 0 saturated heterocycles. The van der Waals surface area contributed by atoms with E-state index >= 15 is 0 Å². The number of benzene rings is 2. The fraction of sp³-hybridized carbons (Fsp3) is 0.250. The largest absolute Gasteiger partial charge is 0.395 e. The minimum atomic E-state index is -0.765. The van der Waals surface area contributed by atoms with Crippen molar-refractivity contribution < 1.29 is 14.6 Å². The maximum atomic E-state index is 13.3. The quantitative estimate of drug-likeness (QED) is 0.879. The Morgan fingerprint density at radius 3 is 2.20 bits per heavy atom. The molecule has 0 aromatic heterocycles. The standard InChI is InChI=1S/C16H16BrFO2/c17-14-8-12(6-7-15(14)18)9-16(10-19,11-20)13-4-2-1-3-5-13/h1-8,19-20H,9-11H2. The van der Waals surface area contributed by atoms with E-state index in [4.69, 9.17) is 0 Å². The number of aliphatic hydroxyl groups excluding tert-OH is 2. The van der Waals surface area contributed by atoms with Crippen LogP contribution in [0.5, 0.6) is 0 Å². The molecule has 0 aliphatic heterocycles. The van der Waals surface area contributed by atoms with E-state index in [9.17, 15) is 14.6 Å². The maximum absolute atomic E-state index is 13.3. The van der Waals surface area contributed by atoms with Crippen molar-refractivity contribution in [1.29, 1.82) is 0 Å². The summed E-state index contributed by atoms with van der Waals surface area (Å²) in [5.74, 6) is -0.327. The van der Waals surface area contributed by atoms with E-state index in [-0.39, 0.29) is 19.0 Å². The van der Waals surface area contributed by atoms with Crippen LogP contribution < -0.4 is 0 Å². The molecule has 2 aromatic rings. The van der Waals surface area contributed by atoms with Gasteiger partial charge in [-0.05, 0) is 45.6 Å². The molecule has 0 unspecified atom stereocenters. The normalized spacial score (nSPS) is 11.6. The first-order valence-electron chi connectivity index (χ1n) is 6.32. The average molecular weight is 339 g/mol. The van der Waals surface area contributed by atoms with Crippen LogP contribution in [-0.4, -0.2) is 23.4 Å². The zero-order valence-corrected chi connectivity index (χ0v) is 12.5. The summed E-state index contributed by atoms with van der Waals surface area (Å²) in [5.41, 5.74) is 0.953. The number of hydrogen-bond donors (Lipinski definition) is 2. The molecule has 2 nitrogen and oxygen atoms in total. The van der Waals surface area contributed by atoms with Crippen LogP contribution in [0.2, 0.25) is 0 Å². The third kappa shape index (κ3) is 3.08. The molecule has 0 amide bonds. The van der Waals surface area contributed by atoms with Crippen LogP contribution >= 0.6 is 15.9 Å². The zero-order chi connectivity index (χ0) is 14.6. The summed E-state index contributed by atoms with van der Waals surface area (Å²) < 4.78 is 13.7. The number of aliphatic hydroxyl groups is 2. The van der Waals surface area contributed by atoms with Gasteiger partial charge in [0.2, 0.25) is 0 Å². The van der Waals surface area contributed by atoms with Crippen LogP contribution in [-0.2, 0) is 11.8 Å². The van der Waals surface area contributed by atoms with E-state index in [0.717, 1.165) is 11.1 Å². The first-order valence-corrected chi connectivity index (χ1v) is 7.12. The van der Waals surface area contributed by atoms with Crippen molar-refractivity contribution in [3.05, 3.63) is 69.9 Å². The van der Waals surface area contributed by atoms with Gasteiger partial charge in [0.25, 0.3) is 0 Å². The van der Waals surface area contributed by atoms with Crippen molar-refractivity contribution >= 4 is 15.9 Å². The first-order chi connectivity index (χ1) is 9.61. The second-order valence-electron chi connectivity index (χ2n) is 4.89. The van der Waals surface area contributed by atoms with E-state index in [1.807, 2.05) is 30.3 Å². The molecular weight excluding hydrogens is 323 g/mol. The second-order valence-corrected chi connectivity index (χ2v) is 5.74. The van der Waals surface area contributed by atoms with E-state index in [0.29, 0.717) is 10.9 Å². The monoisotopic (exact) mass is 338 g/mol. The van der Waals surface area contributed by atoms with Gasteiger partial charge in [-0.25, -0.2) is 4.39 Å². The molecule has 0 bridgehead atoms. The Kier molecular flexibility index (Phi) is 4.91. The smallest absolute Gasteiger partial charge is 0.137 e. The van der Waals surface area contributed by atoms with Crippen LogP contribution in [0.15, 0.2) is 53.0 Å². The predicted molar refractivity (Wildman–Crippen MR) is 80.1 cm³/mol. The molecule has 2 aromatic carbocycles. The van der Waals surface area contributed by atoms with E-state index in [1.54, 1.807) is 12.1 Å². The molecule has 0 spiro atoms. The van der Waals surface area contributed by atoms with Crippen molar-refractivity contribution in [2.75, 3.05) is 13.2 Å². The highest BCUT2D eigenvalue weighted by atomic mass is 79.9. The van der Waals surface area contributed by atoms with E-state index in [2.05, 4.69) is 15.9 Å². The predicted octanol–water partition coefficient (Wildman–Crippen LogP) is 3.05. The van der Waals surface area contributed by atoms with Crippen molar-refractivity contribution in [2.45, 2.75) is 11.8 Å². The van der Waals surface area contributed by atoms with Gasteiger partial charge in [0, 0.05) is 5.41 Å². The lowest BCUT2D eigenvalue weighted by atomic mass is 9.77. The molecule has 20 heavy (non-hydrogen) atoms. The molecule has 0 fully saturated rings. The Morgan fingerprint density at radius 1 is 1.00 bits per heavy atom. The number of rotatable bonds is 5. The highest BCUT2D eigenvalue weighted by molar-refractivity contribution is 9.10. The Balaban J connectivity index is 2.36. The van der Waals surface area contributed by atoms with Crippen molar-refractivity contribution in [1.82, 2.24) is 0 Å². The lowest BCUT2D eigenvalue weighted by Crippen LogP contribution is -2.37. The van der Waals surface area contributed by atoms with E-state index < -0.39 is 5.41 Å². The summed E-state index contributed by atoms with van der Waals surface area (Å²) in [6.45, 7) is -0.356. The van der Waals surface area contributed by atoms with Crippen molar-refractivity contribution in [3.63, 3.8) is 0 Å². The van der Waals surface area contributed by atoms with Crippen LogP contribution in [0.25, 0.3) is 0 Å². The van der Waals surface area contributed by atoms with Gasteiger partial charge in [0.05, 0.1) is 17.7 Å². The first kappa shape index (κ1) is 15.2. The van der Waals surface area contributed by atoms with Gasteiger partial charge in [-0.3, -0.25) is 0 Å². The molecule has 0 radical (unpaired) electrons. The molecule has 2 rings (SSSR count). The number of hydrogen-bond acceptors (Lipinski definition) is 2. The average Bonchev–Trinajstić information content (AvgIpc) is 2.49. The third-order valence-corrected chi connectivity index (χ3v) is 4.13. The minimum absolute atomic E-state index is 0.178. The van der Waals surface area contributed by atoms with Crippen LogP contribution in [0, 0.1) is 5.82 Å². The molecule has 2 N–H and O–H groups in total. The molecule has 0 aliphatic carbocycles. The molecule has 0 saturated carbocycles. The van der Waals surface area contributed by atoms with Gasteiger partial charge >= 0.3 is 0 Å². The lowest BCUT2D eigenvalue weighted by Gasteiger charge is -2.30. The second kappa shape index (κ2) is 6.48. The van der Waals surface area contributed by atoms with Crippen LogP contribution in [0.3, 0.4) is 0 Å². The molecule has 106 valence electrons. The van der Waals surface area contributed by atoms with E-state index in [1.165, 1.54) is 6.07 Å². The highest BCUT2D eigenvalue weighted by Crippen LogP contribution is 2.29. The van der Waals surface area contributed by atoms with Crippen molar-refractivity contribution in [3.8, 4) is 0 Å². The van der Waals surface area contributed by atoms with Gasteiger partial charge in [-0.2, -0.15) is 0 Å². The summed E-state index contributed by atoms with van der Waals surface area (Å²) in [5, 5.41) is 19.5. The Bertz CT molecular complexity index is 568. The molecular formula is C16H16BrFO2. The zero-order valence-electron chi connectivity index (χ0n) is 10.9. The molecule has 0 heterocycles. The Hall–Kier alpha value is -1.23. The van der Waals surface area contributed by atoms with Crippen LogP contribution in [0.1, 0.15) is 11.1 Å². The third-order valence-electron chi connectivity index (χ3n) is 3.52. The van der Waals surface area contributed by atoms with Gasteiger partial charge in [0.1, 0.15) is 5.82 Å². The van der Waals surface area contributed by atoms with Gasteiger partial charge in [0.15, 0.2) is 0 Å². The van der Waals surface area contributed by atoms with Crippen molar-refractivity contribution in [2.24, 2.45) is 0 Å². The van der Waals surface area contributed by atoms with Gasteiger partial charge in [-0.1, -0.05) is 36.4 Å². The molecule has 0 atom stereocenters. The lowest BCUT2D eigenvalue weighted by molar-refractivity contribution is 0.116. The maximum Gasteiger partial charge on any atom is 0.137 e. The SMILES string of the molecule is OCC(CO)(Cc1ccc(F)c(Br)c1)c1ccccc1. The molecule has 0 aliphatic rings. The highest BCUT2D eigenvalue weighted by Gasteiger charge is 2.31. The fourth-order valence-corrected chi connectivity index (χ4v) is 2.70. The summed E-state index contributed by atoms with van der Waals surface area (Å²) in [4.78, 5) is 0. The Morgan fingerprint density at radius 2 is 1.65 bits per heavy atom. The summed E-state index contributed by atoms with van der Waals surface area (Å²) >= 11 is 3.15. The summed E-state index contributed by atoms with van der Waals surface area (Å²) in [7, 11) is 0. The van der Waals surface area contributed by atoms with Crippen LogP contribution in [0.4, 0.5) is 4.39 Å². The number of halogens is 2. The summed E-state index contributed by atoms with van der Waals surface area (Å²) in [6.07, 6.45) is 0.433. The molecule has 4 heteroatoms. The summed E-state index contributed by atoms with van der Waals surface area (Å²) in [6, 6.07) is 14.1. The fourth-order valence-electron chi connectivity index (χ4n) is 2.28. The Labute approximate surface area is 126 Å². The topological polar surface area (TPSA) is 40.5 Å². The van der Waals surface area contributed by atoms with Gasteiger partial charge in [-0.15, -0.1) is 0 Å². The minimum Gasteiger partial charge on any atom is -0.395 e.